The highest BCUT2D eigenvalue weighted by Crippen LogP contribution is 2.26. The first-order valence-electron chi connectivity index (χ1n) is 7.80. The normalized spacial score (nSPS) is 10.6. The Kier molecular flexibility index (Phi) is 5.09. The Balaban J connectivity index is 1.71. The number of aryl methyl sites for hydroxylation is 2. The van der Waals surface area contributed by atoms with E-state index < -0.39 is 0 Å². The molecule has 25 heavy (non-hydrogen) atoms. The maximum atomic E-state index is 10.8. The van der Waals surface area contributed by atoms with Gasteiger partial charge in [-0.2, -0.15) is 0 Å². The van der Waals surface area contributed by atoms with Crippen molar-refractivity contribution >= 4 is 17.4 Å². The fourth-order valence-corrected chi connectivity index (χ4v) is 3.32. The highest BCUT2D eigenvalue weighted by molar-refractivity contribution is 7.98. The number of non-ortho nitro benzene ring substituents is 1. The number of nitro groups is 1. The number of nitrogens with zero attached hydrogens (tertiary/aromatic N) is 3. The zero-order valence-corrected chi connectivity index (χ0v) is 14.8. The zero-order valence-electron chi connectivity index (χ0n) is 14.0. The smallest absolute Gasteiger partial charge is 0.258 e. The van der Waals surface area contributed by atoms with Crippen molar-refractivity contribution < 1.29 is 4.92 Å². The maximum Gasteiger partial charge on any atom is 0.269 e. The van der Waals surface area contributed by atoms with E-state index in [9.17, 15) is 10.1 Å². The van der Waals surface area contributed by atoms with Gasteiger partial charge in [0.2, 0.25) is 0 Å². The van der Waals surface area contributed by atoms with Gasteiger partial charge in [0.05, 0.1) is 10.6 Å². The third-order valence-corrected chi connectivity index (χ3v) is 4.80. The summed E-state index contributed by atoms with van der Waals surface area (Å²) >= 11 is 1.51. The number of thioether (sulfide) groups is 1. The Morgan fingerprint density at radius 1 is 1.04 bits per heavy atom. The van der Waals surface area contributed by atoms with Crippen molar-refractivity contribution in [3.63, 3.8) is 0 Å². The lowest BCUT2D eigenvalue weighted by Crippen LogP contribution is -1.93. The molecule has 5 nitrogen and oxygen atoms in total. The van der Waals surface area contributed by atoms with E-state index in [0.717, 1.165) is 21.8 Å². The van der Waals surface area contributed by atoms with Gasteiger partial charge in [-0.15, -0.1) is 10.2 Å². The van der Waals surface area contributed by atoms with Gasteiger partial charge in [-0.25, -0.2) is 0 Å². The van der Waals surface area contributed by atoms with Crippen LogP contribution in [-0.4, -0.2) is 15.1 Å². The van der Waals surface area contributed by atoms with Crippen LogP contribution in [0.3, 0.4) is 0 Å². The number of aromatic nitrogens is 2. The fraction of sp³-hybridized carbons (Fsp3) is 0.158. The minimum absolute atomic E-state index is 0.106. The molecule has 0 N–H and O–H groups in total. The molecule has 0 aliphatic rings. The van der Waals surface area contributed by atoms with E-state index in [2.05, 4.69) is 42.2 Å². The minimum Gasteiger partial charge on any atom is -0.258 e. The number of hydrogen-bond donors (Lipinski definition) is 0. The van der Waals surface area contributed by atoms with Gasteiger partial charge in [0.1, 0.15) is 5.03 Å². The van der Waals surface area contributed by atoms with Crippen molar-refractivity contribution in [2.24, 2.45) is 0 Å². The molecule has 3 aromatic rings. The van der Waals surface area contributed by atoms with Gasteiger partial charge in [0.15, 0.2) is 0 Å². The molecular formula is C19H17N3O2S. The zero-order chi connectivity index (χ0) is 17.8. The minimum atomic E-state index is -0.382. The Hall–Kier alpha value is -2.73. The molecule has 0 bridgehead atoms. The topological polar surface area (TPSA) is 68.9 Å². The van der Waals surface area contributed by atoms with Crippen LogP contribution in [-0.2, 0) is 5.75 Å². The van der Waals surface area contributed by atoms with Crippen LogP contribution in [0.1, 0.15) is 16.7 Å². The SMILES string of the molecule is Cc1ccc(-c2ccc(SCc3cccc([N+](=O)[O-])c3)nn2)c(C)c1. The average Bonchev–Trinajstić information content (AvgIpc) is 2.61. The van der Waals surface area contributed by atoms with Crippen molar-refractivity contribution in [1.29, 1.82) is 0 Å². The molecule has 0 radical (unpaired) electrons. The highest BCUT2D eigenvalue weighted by Gasteiger charge is 2.08. The summed E-state index contributed by atoms with van der Waals surface area (Å²) in [6, 6.07) is 16.8. The summed E-state index contributed by atoms with van der Waals surface area (Å²) in [6.45, 7) is 4.13. The van der Waals surface area contributed by atoms with Crippen LogP contribution in [0.5, 0.6) is 0 Å². The summed E-state index contributed by atoms with van der Waals surface area (Å²) in [5.41, 5.74) is 5.31. The monoisotopic (exact) mass is 351 g/mol. The predicted molar refractivity (Wildman–Crippen MR) is 99.6 cm³/mol. The lowest BCUT2D eigenvalue weighted by atomic mass is 10.0. The van der Waals surface area contributed by atoms with Crippen molar-refractivity contribution in [3.05, 3.63) is 81.4 Å². The molecule has 3 rings (SSSR count). The van der Waals surface area contributed by atoms with E-state index in [1.165, 1.54) is 29.0 Å². The van der Waals surface area contributed by atoms with Crippen molar-refractivity contribution in [2.45, 2.75) is 24.6 Å². The number of rotatable bonds is 5. The molecule has 0 spiro atoms. The Morgan fingerprint density at radius 3 is 2.56 bits per heavy atom. The standard InChI is InChI=1S/C19H17N3O2S/c1-13-6-7-17(14(2)10-13)18-8-9-19(21-20-18)25-12-15-4-3-5-16(11-15)22(23)24/h3-11H,12H2,1-2H3. The van der Waals surface area contributed by atoms with Crippen molar-refractivity contribution in [2.75, 3.05) is 0 Å². The summed E-state index contributed by atoms with van der Waals surface area (Å²) in [5, 5.41) is 20.2. The first kappa shape index (κ1) is 17.1. The van der Waals surface area contributed by atoms with Gasteiger partial charge >= 0.3 is 0 Å². The van der Waals surface area contributed by atoms with Gasteiger partial charge in [-0.1, -0.05) is 47.7 Å². The van der Waals surface area contributed by atoms with E-state index in [4.69, 9.17) is 0 Å². The molecule has 1 heterocycles. The van der Waals surface area contributed by atoms with Crippen LogP contribution in [0.15, 0.2) is 59.6 Å². The molecule has 0 atom stereocenters. The largest absolute Gasteiger partial charge is 0.269 e. The van der Waals surface area contributed by atoms with Gasteiger partial charge in [-0.3, -0.25) is 10.1 Å². The van der Waals surface area contributed by atoms with Crippen LogP contribution < -0.4 is 0 Å². The summed E-state index contributed by atoms with van der Waals surface area (Å²) in [6.07, 6.45) is 0. The molecule has 0 fully saturated rings. The Morgan fingerprint density at radius 2 is 1.88 bits per heavy atom. The summed E-state index contributed by atoms with van der Waals surface area (Å²) in [5.74, 6) is 0.610. The number of nitro benzene ring substituents is 1. The van der Waals surface area contributed by atoms with Gasteiger partial charge in [-0.05, 0) is 37.1 Å². The lowest BCUT2D eigenvalue weighted by molar-refractivity contribution is -0.384. The quantitative estimate of drug-likeness (QED) is 0.369. The van der Waals surface area contributed by atoms with Crippen LogP contribution in [0.25, 0.3) is 11.3 Å². The molecule has 0 saturated carbocycles. The molecule has 2 aromatic carbocycles. The molecule has 0 unspecified atom stereocenters. The van der Waals surface area contributed by atoms with E-state index in [0.29, 0.717) is 5.75 Å². The molecular weight excluding hydrogens is 334 g/mol. The van der Waals surface area contributed by atoms with E-state index in [1.807, 2.05) is 18.2 Å². The molecule has 0 aliphatic heterocycles. The number of benzene rings is 2. The summed E-state index contributed by atoms with van der Waals surface area (Å²) in [7, 11) is 0. The maximum absolute atomic E-state index is 10.8. The van der Waals surface area contributed by atoms with E-state index in [-0.39, 0.29) is 10.6 Å². The van der Waals surface area contributed by atoms with Crippen LogP contribution in [0, 0.1) is 24.0 Å². The second kappa shape index (κ2) is 7.44. The van der Waals surface area contributed by atoms with E-state index in [1.54, 1.807) is 12.1 Å². The second-order valence-electron chi connectivity index (χ2n) is 5.79. The van der Waals surface area contributed by atoms with Gasteiger partial charge in [0.25, 0.3) is 5.69 Å². The fourth-order valence-electron chi connectivity index (χ4n) is 2.56. The Bertz CT molecular complexity index is 911. The molecule has 0 amide bonds. The third kappa shape index (κ3) is 4.22. The van der Waals surface area contributed by atoms with Crippen molar-refractivity contribution in [1.82, 2.24) is 10.2 Å². The van der Waals surface area contributed by atoms with Crippen molar-refractivity contribution in [3.8, 4) is 11.3 Å². The van der Waals surface area contributed by atoms with Gasteiger partial charge < -0.3 is 0 Å². The van der Waals surface area contributed by atoms with Crippen LogP contribution in [0.2, 0.25) is 0 Å². The Labute approximate surface area is 150 Å². The molecule has 6 heteroatoms. The highest BCUT2D eigenvalue weighted by atomic mass is 32.2. The summed E-state index contributed by atoms with van der Waals surface area (Å²) in [4.78, 5) is 10.4. The summed E-state index contributed by atoms with van der Waals surface area (Å²) < 4.78 is 0. The third-order valence-electron chi connectivity index (χ3n) is 3.81. The van der Waals surface area contributed by atoms with Crippen LogP contribution in [0.4, 0.5) is 5.69 Å². The van der Waals surface area contributed by atoms with E-state index >= 15 is 0 Å². The molecule has 1 aromatic heterocycles. The molecule has 0 saturated heterocycles. The molecule has 0 aliphatic carbocycles. The molecule has 126 valence electrons. The van der Waals surface area contributed by atoms with Crippen LogP contribution >= 0.6 is 11.8 Å². The number of hydrogen-bond acceptors (Lipinski definition) is 5. The first-order chi connectivity index (χ1) is 12.0. The average molecular weight is 351 g/mol. The second-order valence-corrected chi connectivity index (χ2v) is 6.79. The lowest BCUT2D eigenvalue weighted by Gasteiger charge is -2.06. The predicted octanol–water partition coefficient (Wildman–Crippen LogP) is 4.96. The first-order valence-corrected chi connectivity index (χ1v) is 8.79. The van der Waals surface area contributed by atoms with Gasteiger partial charge in [0, 0.05) is 23.4 Å².